The van der Waals surface area contributed by atoms with Crippen molar-refractivity contribution in [2.75, 3.05) is 13.1 Å². The molecule has 3 rings (SSSR count). The number of piperidine rings is 1. The first-order valence-corrected chi connectivity index (χ1v) is 7.97. The Kier molecular flexibility index (Phi) is 4.60. The third kappa shape index (κ3) is 3.70. The molecule has 1 saturated heterocycles. The maximum atomic E-state index is 12.2. The van der Waals surface area contributed by atoms with Gasteiger partial charge in [-0.1, -0.05) is 13.8 Å². The van der Waals surface area contributed by atoms with Crippen LogP contribution in [0.5, 0.6) is 0 Å². The molecule has 6 nitrogen and oxygen atoms in total. The molecule has 0 spiro atoms. The highest BCUT2D eigenvalue weighted by Gasteiger charge is 2.26. The van der Waals surface area contributed by atoms with Crippen molar-refractivity contribution >= 4 is 12.0 Å². The first-order chi connectivity index (χ1) is 11.1. The minimum Gasteiger partial charge on any atom is -0.465 e. The molecule has 1 amide bonds. The van der Waals surface area contributed by atoms with Crippen LogP contribution in [-0.2, 0) is 4.79 Å². The van der Waals surface area contributed by atoms with Crippen LogP contribution in [-0.4, -0.2) is 34.1 Å². The van der Waals surface area contributed by atoms with Gasteiger partial charge in [-0.15, -0.1) is 10.2 Å². The number of carbonyl (C=O) groups excluding carboxylic acids is 1. The number of nitrogens with zero attached hydrogens (tertiary/aromatic N) is 3. The maximum Gasteiger partial charge on any atom is 0.246 e. The Morgan fingerprint density at radius 3 is 2.74 bits per heavy atom. The van der Waals surface area contributed by atoms with Crippen molar-refractivity contribution in [1.29, 1.82) is 0 Å². The number of likely N-dealkylation sites (tertiary alicyclic amines) is 1. The SMILES string of the molecule is CC(C)c1nnc(C2CCN(C(=O)C=Cc3ccco3)CC2)o1. The van der Waals surface area contributed by atoms with Crippen molar-refractivity contribution in [3.63, 3.8) is 0 Å². The average molecular weight is 315 g/mol. The molecule has 0 radical (unpaired) electrons. The maximum absolute atomic E-state index is 12.2. The molecule has 0 atom stereocenters. The zero-order valence-electron chi connectivity index (χ0n) is 13.4. The molecule has 0 aliphatic carbocycles. The van der Waals surface area contributed by atoms with Gasteiger partial charge in [0, 0.05) is 31.0 Å². The monoisotopic (exact) mass is 315 g/mol. The summed E-state index contributed by atoms with van der Waals surface area (Å²) >= 11 is 0. The molecular formula is C17H21N3O3. The second kappa shape index (κ2) is 6.81. The Labute approximate surface area is 135 Å². The number of amides is 1. The number of hydrogen-bond donors (Lipinski definition) is 0. The van der Waals surface area contributed by atoms with Crippen LogP contribution >= 0.6 is 0 Å². The lowest BCUT2D eigenvalue weighted by Crippen LogP contribution is -2.36. The Bertz CT molecular complexity index is 665. The van der Waals surface area contributed by atoms with E-state index in [1.165, 1.54) is 0 Å². The van der Waals surface area contributed by atoms with Crippen LogP contribution in [0.15, 0.2) is 33.3 Å². The van der Waals surface area contributed by atoms with E-state index in [1.807, 2.05) is 24.8 Å². The summed E-state index contributed by atoms with van der Waals surface area (Å²) in [7, 11) is 0. The van der Waals surface area contributed by atoms with Crippen molar-refractivity contribution in [3.8, 4) is 0 Å². The predicted molar refractivity (Wildman–Crippen MR) is 84.7 cm³/mol. The lowest BCUT2D eigenvalue weighted by Gasteiger charge is -2.29. The molecule has 0 saturated carbocycles. The standard InChI is InChI=1S/C17H21N3O3/c1-12(2)16-18-19-17(23-16)13-7-9-20(10-8-13)15(21)6-5-14-4-3-11-22-14/h3-6,11-13H,7-10H2,1-2H3. The molecule has 1 aliphatic heterocycles. The van der Waals surface area contributed by atoms with Crippen molar-refractivity contribution in [2.45, 2.75) is 38.5 Å². The Morgan fingerprint density at radius 1 is 1.35 bits per heavy atom. The van der Waals surface area contributed by atoms with Gasteiger partial charge in [0.2, 0.25) is 17.7 Å². The van der Waals surface area contributed by atoms with Crippen molar-refractivity contribution in [1.82, 2.24) is 15.1 Å². The van der Waals surface area contributed by atoms with E-state index in [0.717, 1.165) is 12.8 Å². The van der Waals surface area contributed by atoms with Gasteiger partial charge in [-0.05, 0) is 31.1 Å². The largest absolute Gasteiger partial charge is 0.465 e. The molecule has 122 valence electrons. The molecule has 23 heavy (non-hydrogen) atoms. The molecule has 0 unspecified atom stereocenters. The van der Waals surface area contributed by atoms with Gasteiger partial charge >= 0.3 is 0 Å². The number of carbonyl (C=O) groups is 1. The first kappa shape index (κ1) is 15.5. The molecule has 2 aromatic heterocycles. The summed E-state index contributed by atoms with van der Waals surface area (Å²) in [6.07, 6.45) is 6.54. The van der Waals surface area contributed by atoms with E-state index in [4.69, 9.17) is 8.83 Å². The normalized spacial score (nSPS) is 16.6. The quantitative estimate of drug-likeness (QED) is 0.810. The van der Waals surface area contributed by atoms with Crippen molar-refractivity contribution < 1.29 is 13.6 Å². The van der Waals surface area contributed by atoms with Gasteiger partial charge in [0.1, 0.15) is 5.76 Å². The van der Waals surface area contributed by atoms with Crippen molar-refractivity contribution in [3.05, 3.63) is 42.0 Å². The summed E-state index contributed by atoms with van der Waals surface area (Å²) in [5, 5.41) is 8.24. The summed E-state index contributed by atoms with van der Waals surface area (Å²) in [5.74, 6) is 2.55. The van der Waals surface area contributed by atoms with Crippen LogP contribution < -0.4 is 0 Å². The van der Waals surface area contributed by atoms with Crippen LogP contribution in [0.3, 0.4) is 0 Å². The smallest absolute Gasteiger partial charge is 0.246 e. The number of aromatic nitrogens is 2. The number of hydrogen-bond acceptors (Lipinski definition) is 5. The molecule has 3 heterocycles. The van der Waals surface area contributed by atoms with Crippen LogP contribution in [0.25, 0.3) is 6.08 Å². The predicted octanol–water partition coefficient (Wildman–Crippen LogP) is 3.21. The summed E-state index contributed by atoms with van der Waals surface area (Å²) in [6, 6.07) is 3.61. The van der Waals surface area contributed by atoms with Gasteiger partial charge in [0.25, 0.3) is 0 Å². The number of furan rings is 1. The van der Waals surface area contributed by atoms with Gasteiger partial charge < -0.3 is 13.7 Å². The second-order valence-electron chi connectivity index (χ2n) is 6.08. The first-order valence-electron chi connectivity index (χ1n) is 7.97. The van der Waals surface area contributed by atoms with Crippen LogP contribution in [0, 0.1) is 0 Å². The van der Waals surface area contributed by atoms with Crippen LogP contribution in [0.2, 0.25) is 0 Å². The van der Waals surface area contributed by atoms with Gasteiger partial charge in [-0.2, -0.15) is 0 Å². The summed E-state index contributed by atoms with van der Waals surface area (Å²) < 4.78 is 10.9. The molecule has 1 aliphatic rings. The zero-order chi connectivity index (χ0) is 16.2. The summed E-state index contributed by atoms with van der Waals surface area (Å²) in [6.45, 7) is 5.46. The third-order valence-corrected chi connectivity index (χ3v) is 4.04. The highest BCUT2D eigenvalue weighted by atomic mass is 16.4. The zero-order valence-corrected chi connectivity index (χ0v) is 13.4. The fraction of sp³-hybridized carbons (Fsp3) is 0.471. The third-order valence-electron chi connectivity index (χ3n) is 4.04. The minimum absolute atomic E-state index is 0.00764. The second-order valence-corrected chi connectivity index (χ2v) is 6.08. The summed E-state index contributed by atoms with van der Waals surface area (Å²) in [5.41, 5.74) is 0. The van der Waals surface area contributed by atoms with E-state index in [1.54, 1.807) is 24.5 Å². The van der Waals surface area contributed by atoms with E-state index < -0.39 is 0 Å². The van der Waals surface area contributed by atoms with E-state index in [2.05, 4.69) is 10.2 Å². The lowest BCUT2D eigenvalue weighted by molar-refractivity contribution is -0.127. The molecule has 1 fully saturated rings. The van der Waals surface area contributed by atoms with Gasteiger partial charge in [-0.25, -0.2) is 0 Å². The molecule has 0 aromatic carbocycles. The Balaban J connectivity index is 1.54. The molecular weight excluding hydrogens is 294 g/mol. The van der Waals surface area contributed by atoms with E-state index in [9.17, 15) is 4.79 Å². The van der Waals surface area contributed by atoms with Gasteiger partial charge in [0.05, 0.1) is 6.26 Å². The van der Waals surface area contributed by atoms with E-state index >= 15 is 0 Å². The molecule has 6 heteroatoms. The van der Waals surface area contributed by atoms with E-state index in [0.29, 0.717) is 30.6 Å². The average Bonchev–Trinajstić information content (AvgIpc) is 3.24. The number of rotatable bonds is 4. The van der Waals surface area contributed by atoms with Gasteiger partial charge in [-0.3, -0.25) is 4.79 Å². The molecule has 0 N–H and O–H groups in total. The van der Waals surface area contributed by atoms with Crippen LogP contribution in [0.1, 0.15) is 56.1 Å². The fourth-order valence-electron chi connectivity index (χ4n) is 2.64. The minimum atomic E-state index is 0.00764. The highest BCUT2D eigenvalue weighted by Crippen LogP contribution is 2.28. The fourth-order valence-corrected chi connectivity index (χ4v) is 2.64. The molecule has 0 bridgehead atoms. The Morgan fingerprint density at radius 2 is 2.13 bits per heavy atom. The molecule has 2 aromatic rings. The van der Waals surface area contributed by atoms with Gasteiger partial charge in [0.15, 0.2) is 0 Å². The van der Waals surface area contributed by atoms with E-state index in [-0.39, 0.29) is 17.7 Å². The highest BCUT2D eigenvalue weighted by molar-refractivity contribution is 5.91. The topological polar surface area (TPSA) is 72.4 Å². The van der Waals surface area contributed by atoms with Crippen molar-refractivity contribution in [2.24, 2.45) is 0 Å². The lowest BCUT2D eigenvalue weighted by atomic mass is 9.97. The Hall–Kier alpha value is -2.37. The van der Waals surface area contributed by atoms with Crippen LogP contribution in [0.4, 0.5) is 0 Å². The summed E-state index contributed by atoms with van der Waals surface area (Å²) in [4.78, 5) is 14.0.